The number of rotatable bonds is 7. The summed E-state index contributed by atoms with van der Waals surface area (Å²) >= 11 is 0. The van der Waals surface area contributed by atoms with Crippen LogP contribution in [0.3, 0.4) is 0 Å². The molecule has 16 heavy (non-hydrogen) atoms. The molecule has 0 saturated heterocycles. The highest BCUT2D eigenvalue weighted by Gasteiger charge is 2.47. The lowest BCUT2D eigenvalue weighted by molar-refractivity contribution is 0.221. The fourth-order valence-electron chi connectivity index (χ4n) is 1.69. The van der Waals surface area contributed by atoms with Crippen LogP contribution in [-0.4, -0.2) is 36.4 Å². The van der Waals surface area contributed by atoms with Gasteiger partial charge in [-0.25, -0.2) is 0 Å². The van der Waals surface area contributed by atoms with Gasteiger partial charge >= 0.3 is 7.60 Å². The van der Waals surface area contributed by atoms with Crippen molar-refractivity contribution in [3.05, 3.63) is 0 Å². The Labute approximate surface area is 102 Å². The maximum Gasteiger partial charge on any atom is 0.343 e. The largest absolute Gasteiger partial charge is 0.343 e. The molecule has 0 fully saturated rings. The highest BCUT2D eigenvalue weighted by atomic mass is 32.2. The molecule has 0 amide bonds. The molecule has 4 nitrogen and oxygen atoms in total. The summed E-state index contributed by atoms with van der Waals surface area (Å²) in [5, 5.41) is 0. The summed E-state index contributed by atoms with van der Waals surface area (Å²) in [6, 6.07) is 0. The lowest BCUT2D eigenvalue weighted by Crippen LogP contribution is -2.41. The molecule has 7 heteroatoms. The van der Waals surface area contributed by atoms with Crippen molar-refractivity contribution in [3.63, 3.8) is 0 Å². The predicted octanol–water partition coefficient (Wildman–Crippen LogP) is 2.83. The average Bonchev–Trinajstić information content (AvgIpc) is 1.99. The summed E-state index contributed by atoms with van der Waals surface area (Å²) in [7, 11) is -6.32. The van der Waals surface area contributed by atoms with Gasteiger partial charge in [-0.1, -0.05) is 19.6 Å². The molecule has 0 rings (SSSR count). The maximum atomic E-state index is 12.6. The standard InChI is InChI=1S/C9H23O4PSSi/c1-7-12-14(10,13-8-2)9(15(3)11)16(4,5)6/h9H,7-8H2,1-6H3. The molecule has 0 aliphatic rings. The van der Waals surface area contributed by atoms with Gasteiger partial charge in [0.1, 0.15) is 4.61 Å². The van der Waals surface area contributed by atoms with Gasteiger partial charge in [-0.3, -0.25) is 8.77 Å². The molecule has 0 aromatic heterocycles. The second kappa shape index (κ2) is 6.45. The van der Waals surface area contributed by atoms with Crippen molar-refractivity contribution in [2.24, 2.45) is 0 Å². The molecule has 0 saturated carbocycles. The van der Waals surface area contributed by atoms with Crippen LogP contribution in [0.15, 0.2) is 0 Å². The van der Waals surface area contributed by atoms with Gasteiger partial charge < -0.3 is 9.05 Å². The zero-order valence-corrected chi connectivity index (χ0v) is 13.7. The molecule has 0 N–H and O–H groups in total. The van der Waals surface area contributed by atoms with E-state index in [-0.39, 0.29) is 0 Å². The summed E-state index contributed by atoms with van der Waals surface area (Å²) in [4.78, 5) is 0. The first kappa shape index (κ1) is 16.5. The van der Waals surface area contributed by atoms with Gasteiger partial charge in [-0.15, -0.1) is 0 Å². The van der Waals surface area contributed by atoms with Gasteiger partial charge in [0, 0.05) is 17.1 Å². The van der Waals surface area contributed by atoms with Gasteiger partial charge in [0.05, 0.1) is 21.3 Å². The summed E-state index contributed by atoms with van der Waals surface area (Å²) in [5.41, 5.74) is 0. The van der Waals surface area contributed by atoms with E-state index in [1.54, 1.807) is 20.1 Å². The first-order chi connectivity index (χ1) is 7.19. The van der Waals surface area contributed by atoms with Gasteiger partial charge in [-0.05, 0) is 13.8 Å². The monoisotopic (exact) mass is 286 g/mol. The molecule has 0 aliphatic carbocycles. The zero-order chi connectivity index (χ0) is 13.0. The minimum absolute atomic E-state index is 0.315. The van der Waals surface area contributed by atoms with Crippen molar-refractivity contribution >= 4 is 26.5 Å². The van der Waals surface area contributed by atoms with Crippen LogP contribution < -0.4 is 0 Å². The SMILES string of the molecule is CCOP(=O)(OCC)C(S(C)=O)[Si](C)(C)C. The number of hydrogen-bond acceptors (Lipinski definition) is 4. The van der Waals surface area contributed by atoms with Gasteiger partial charge in [0.25, 0.3) is 0 Å². The van der Waals surface area contributed by atoms with Crippen LogP contribution in [0.2, 0.25) is 19.6 Å². The summed E-state index contributed by atoms with van der Waals surface area (Å²) in [6.45, 7) is 10.3. The molecule has 2 atom stereocenters. The third-order valence-corrected chi connectivity index (χ3v) is 13.9. The van der Waals surface area contributed by atoms with Crippen LogP contribution in [0.4, 0.5) is 0 Å². The fourth-order valence-corrected chi connectivity index (χ4v) is 12.8. The summed E-state index contributed by atoms with van der Waals surface area (Å²) in [5.74, 6) is 0. The van der Waals surface area contributed by atoms with Crippen LogP contribution in [0, 0.1) is 0 Å². The van der Waals surface area contributed by atoms with Crippen molar-refractivity contribution in [1.82, 2.24) is 0 Å². The summed E-state index contributed by atoms with van der Waals surface area (Å²) < 4.78 is 34.5. The van der Waals surface area contributed by atoms with E-state index >= 15 is 0 Å². The van der Waals surface area contributed by atoms with E-state index in [1.807, 2.05) is 19.6 Å². The van der Waals surface area contributed by atoms with E-state index in [9.17, 15) is 8.77 Å². The number of hydrogen-bond donors (Lipinski definition) is 0. The minimum atomic E-state index is -3.25. The second-order valence-electron chi connectivity index (χ2n) is 4.59. The fraction of sp³-hybridized carbons (Fsp3) is 1.00. The molecule has 0 aromatic carbocycles. The van der Waals surface area contributed by atoms with Crippen LogP contribution in [0.25, 0.3) is 0 Å². The molecule has 0 heterocycles. The zero-order valence-electron chi connectivity index (χ0n) is 11.0. The van der Waals surface area contributed by atoms with Gasteiger partial charge in [-0.2, -0.15) is 0 Å². The Morgan fingerprint density at radius 2 is 1.56 bits per heavy atom. The van der Waals surface area contributed by atoms with Crippen molar-refractivity contribution in [1.29, 1.82) is 0 Å². The third kappa shape index (κ3) is 4.41. The Hall–Kier alpha value is 0.517. The molecule has 98 valence electrons. The molecule has 0 spiro atoms. The van der Waals surface area contributed by atoms with E-state index in [0.29, 0.717) is 13.2 Å². The first-order valence-corrected chi connectivity index (χ1v) is 12.2. The van der Waals surface area contributed by atoms with Crippen molar-refractivity contribution < 1.29 is 17.8 Å². The quantitative estimate of drug-likeness (QED) is 0.533. The molecule has 2 unspecified atom stereocenters. The third-order valence-electron chi connectivity index (χ3n) is 1.96. The van der Waals surface area contributed by atoms with Crippen LogP contribution in [0.1, 0.15) is 13.8 Å². The molecular weight excluding hydrogens is 263 g/mol. The van der Waals surface area contributed by atoms with Gasteiger partial charge in [0.15, 0.2) is 0 Å². The molecule has 0 aromatic rings. The Kier molecular flexibility index (Phi) is 6.66. The maximum absolute atomic E-state index is 12.6. The molecular formula is C9H23O4PSSi. The molecule has 0 bridgehead atoms. The Bertz CT molecular complexity index is 280. The van der Waals surface area contributed by atoms with Crippen molar-refractivity contribution in [3.8, 4) is 0 Å². The van der Waals surface area contributed by atoms with Crippen LogP contribution in [0.5, 0.6) is 0 Å². The average molecular weight is 286 g/mol. The van der Waals surface area contributed by atoms with E-state index in [4.69, 9.17) is 9.05 Å². The van der Waals surface area contributed by atoms with Crippen LogP contribution >= 0.6 is 7.60 Å². The molecule has 0 radical (unpaired) electrons. The van der Waals surface area contributed by atoms with Crippen molar-refractivity contribution in [2.75, 3.05) is 19.5 Å². The van der Waals surface area contributed by atoms with Gasteiger partial charge in [0.2, 0.25) is 0 Å². The highest BCUT2D eigenvalue weighted by molar-refractivity contribution is 7.95. The van der Waals surface area contributed by atoms with Crippen molar-refractivity contribution in [2.45, 2.75) is 38.1 Å². The van der Waals surface area contributed by atoms with Crippen LogP contribution in [-0.2, 0) is 24.4 Å². The lowest BCUT2D eigenvalue weighted by Gasteiger charge is -2.32. The highest BCUT2D eigenvalue weighted by Crippen LogP contribution is 2.56. The second-order valence-corrected chi connectivity index (χ2v) is 14.7. The van der Waals surface area contributed by atoms with E-state index in [2.05, 4.69) is 0 Å². The normalized spacial score (nSPS) is 17.1. The Balaban J connectivity index is 5.27. The van der Waals surface area contributed by atoms with E-state index in [0.717, 1.165) is 0 Å². The van der Waals surface area contributed by atoms with E-state index in [1.165, 1.54) is 0 Å². The topological polar surface area (TPSA) is 52.6 Å². The minimum Gasteiger partial charge on any atom is -0.308 e. The smallest absolute Gasteiger partial charge is 0.308 e. The predicted molar refractivity (Wildman–Crippen MR) is 72.1 cm³/mol. The lowest BCUT2D eigenvalue weighted by atomic mass is 10.9. The summed E-state index contributed by atoms with van der Waals surface area (Å²) in [6.07, 6.45) is 1.58. The van der Waals surface area contributed by atoms with E-state index < -0.39 is 31.1 Å². The Morgan fingerprint density at radius 1 is 1.19 bits per heavy atom. The first-order valence-electron chi connectivity index (χ1n) is 5.40. The Morgan fingerprint density at radius 3 is 1.75 bits per heavy atom. The molecule has 0 aliphatic heterocycles.